The molecule has 0 radical (unpaired) electrons. The first-order chi connectivity index (χ1) is 6.42. The van der Waals surface area contributed by atoms with Gasteiger partial charge in [-0.3, -0.25) is 0 Å². The van der Waals surface area contributed by atoms with Crippen LogP contribution < -0.4 is 4.52 Å². The van der Waals surface area contributed by atoms with Gasteiger partial charge in [-0.05, 0) is 36.9 Å². The molecule has 0 heterocycles. The average Bonchev–Trinajstić information content (AvgIpc) is 2.01. The summed E-state index contributed by atoms with van der Waals surface area (Å²) in [6.45, 7) is -1.68. The quantitative estimate of drug-likeness (QED) is 0.637. The van der Waals surface area contributed by atoms with Gasteiger partial charge in [0.1, 0.15) is 5.75 Å². The summed E-state index contributed by atoms with van der Waals surface area (Å²) in [6.07, 6.45) is 1.98. The third-order valence-corrected chi connectivity index (χ3v) is 3.16. The van der Waals surface area contributed by atoms with Gasteiger partial charge < -0.3 is 14.3 Å². The van der Waals surface area contributed by atoms with Crippen molar-refractivity contribution in [2.75, 3.05) is 6.26 Å². The van der Waals surface area contributed by atoms with Gasteiger partial charge in [0.2, 0.25) is 0 Å². The normalized spacial score (nSPS) is 11.4. The molecule has 0 spiro atoms. The van der Waals surface area contributed by atoms with Gasteiger partial charge in [0.25, 0.3) is 0 Å². The molecule has 6 heteroatoms. The largest absolute Gasteiger partial charge is 0.424 e. The molecular formula is C8H11O3PS2. The Balaban J connectivity index is 2.92. The van der Waals surface area contributed by atoms with Crippen LogP contribution in [0.2, 0.25) is 0 Å². The fourth-order valence-electron chi connectivity index (χ4n) is 1.05. The molecular weight excluding hydrogens is 239 g/mol. The Kier molecular flexibility index (Phi) is 3.98. The minimum absolute atomic E-state index is 0.397. The smallest absolute Gasteiger partial charge is 0.375 e. The molecule has 0 amide bonds. The highest BCUT2D eigenvalue weighted by molar-refractivity contribution is 8.06. The van der Waals surface area contributed by atoms with Crippen molar-refractivity contribution in [3.63, 3.8) is 0 Å². The van der Waals surface area contributed by atoms with E-state index in [1.165, 1.54) is 0 Å². The van der Waals surface area contributed by atoms with E-state index in [-0.39, 0.29) is 0 Å². The summed E-state index contributed by atoms with van der Waals surface area (Å²) in [5.41, 5.74) is 1.03. The second-order valence-corrected chi connectivity index (χ2v) is 6.15. The number of rotatable bonds is 3. The van der Waals surface area contributed by atoms with Gasteiger partial charge in [-0.1, -0.05) is 0 Å². The van der Waals surface area contributed by atoms with Gasteiger partial charge in [-0.25, -0.2) is 0 Å². The molecule has 1 aromatic carbocycles. The molecule has 14 heavy (non-hydrogen) atoms. The van der Waals surface area contributed by atoms with Gasteiger partial charge in [0, 0.05) is 16.7 Å². The van der Waals surface area contributed by atoms with E-state index in [4.69, 9.17) is 14.3 Å². The van der Waals surface area contributed by atoms with E-state index in [0.29, 0.717) is 5.75 Å². The van der Waals surface area contributed by atoms with Crippen LogP contribution in [0.4, 0.5) is 0 Å². The molecule has 3 nitrogen and oxygen atoms in total. The molecule has 0 saturated heterocycles. The minimum atomic E-state index is -3.60. The number of hydrogen-bond donors (Lipinski definition) is 2. The summed E-state index contributed by atoms with van der Waals surface area (Å²) in [4.78, 5) is 19.0. The highest BCUT2D eigenvalue weighted by Gasteiger charge is 2.10. The lowest BCUT2D eigenvalue weighted by atomic mass is 10.2. The van der Waals surface area contributed by atoms with Crippen molar-refractivity contribution in [2.24, 2.45) is 0 Å². The molecule has 0 atom stereocenters. The van der Waals surface area contributed by atoms with Crippen molar-refractivity contribution < 1.29 is 14.3 Å². The van der Waals surface area contributed by atoms with E-state index in [1.54, 1.807) is 23.9 Å². The van der Waals surface area contributed by atoms with Crippen molar-refractivity contribution in [2.45, 2.75) is 11.8 Å². The van der Waals surface area contributed by atoms with Crippen molar-refractivity contribution in [1.29, 1.82) is 0 Å². The Hall–Kier alpha value is -0.0600. The molecule has 1 rings (SSSR count). The highest BCUT2D eigenvalue weighted by atomic mass is 32.5. The number of aryl methyl sites for hydroxylation is 1. The van der Waals surface area contributed by atoms with Crippen LogP contribution in [-0.2, 0) is 11.8 Å². The number of hydrogen-bond acceptors (Lipinski definition) is 3. The van der Waals surface area contributed by atoms with Gasteiger partial charge in [-0.2, -0.15) is 0 Å². The van der Waals surface area contributed by atoms with Crippen LogP contribution in [0, 0.1) is 6.92 Å². The lowest BCUT2D eigenvalue weighted by molar-refractivity contribution is 0.370. The van der Waals surface area contributed by atoms with Crippen LogP contribution in [0.25, 0.3) is 0 Å². The molecule has 0 aliphatic carbocycles. The van der Waals surface area contributed by atoms with Gasteiger partial charge in [-0.15, -0.1) is 11.8 Å². The molecule has 0 bridgehead atoms. The molecule has 0 aromatic heterocycles. The predicted molar refractivity (Wildman–Crippen MR) is 62.3 cm³/mol. The average molecular weight is 250 g/mol. The first-order valence-corrected chi connectivity index (χ1v) is 7.67. The summed E-state index contributed by atoms with van der Waals surface area (Å²) >= 11 is 5.99. The molecule has 0 aliphatic heterocycles. The summed E-state index contributed by atoms with van der Waals surface area (Å²) in [5.74, 6) is 0.397. The van der Waals surface area contributed by atoms with Crippen LogP contribution in [0.3, 0.4) is 0 Å². The zero-order chi connectivity index (χ0) is 10.8. The maximum atomic E-state index is 8.94. The molecule has 2 N–H and O–H groups in total. The Labute approximate surface area is 92.4 Å². The zero-order valence-electron chi connectivity index (χ0n) is 7.80. The van der Waals surface area contributed by atoms with Crippen molar-refractivity contribution in [1.82, 2.24) is 0 Å². The SMILES string of the molecule is CSc1ccc(OP(O)(O)=S)cc1C. The molecule has 78 valence electrons. The molecule has 0 aliphatic rings. The maximum absolute atomic E-state index is 8.94. The third kappa shape index (κ3) is 3.59. The van der Waals surface area contributed by atoms with E-state index in [2.05, 4.69) is 11.8 Å². The maximum Gasteiger partial charge on any atom is 0.375 e. The molecule has 1 aromatic rings. The minimum Gasteiger partial charge on any atom is -0.424 e. The summed E-state index contributed by atoms with van der Waals surface area (Å²) in [5, 5.41) is 0. The van der Waals surface area contributed by atoms with E-state index < -0.39 is 6.72 Å². The Morgan fingerprint density at radius 3 is 2.50 bits per heavy atom. The topological polar surface area (TPSA) is 49.7 Å². The van der Waals surface area contributed by atoms with E-state index >= 15 is 0 Å². The number of thioether (sulfide) groups is 1. The van der Waals surface area contributed by atoms with Crippen LogP contribution in [0.1, 0.15) is 5.56 Å². The summed E-state index contributed by atoms with van der Waals surface area (Å²) in [6, 6.07) is 5.27. The van der Waals surface area contributed by atoms with Crippen molar-refractivity contribution in [3.8, 4) is 5.75 Å². The predicted octanol–water partition coefficient (Wildman–Crippen LogP) is 2.30. The van der Waals surface area contributed by atoms with Gasteiger partial charge >= 0.3 is 6.72 Å². The van der Waals surface area contributed by atoms with E-state index in [9.17, 15) is 0 Å². The van der Waals surface area contributed by atoms with E-state index in [0.717, 1.165) is 10.5 Å². The lowest BCUT2D eigenvalue weighted by Gasteiger charge is -2.11. The third-order valence-electron chi connectivity index (χ3n) is 1.59. The Morgan fingerprint density at radius 2 is 2.07 bits per heavy atom. The Morgan fingerprint density at radius 1 is 1.43 bits per heavy atom. The van der Waals surface area contributed by atoms with Crippen LogP contribution in [-0.4, -0.2) is 16.0 Å². The van der Waals surface area contributed by atoms with E-state index in [1.807, 2.05) is 19.2 Å². The fourth-order valence-corrected chi connectivity index (χ4v) is 2.28. The standard InChI is InChI=1S/C8H11O3PS2/c1-6-5-7(11-12(9,10)13)3-4-8(6)14-2/h3-5H,1-2H3,(H2,9,10,13). The van der Waals surface area contributed by atoms with Crippen molar-refractivity contribution >= 4 is 30.3 Å². The highest BCUT2D eigenvalue weighted by Crippen LogP contribution is 2.38. The van der Waals surface area contributed by atoms with Crippen LogP contribution >= 0.6 is 18.5 Å². The van der Waals surface area contributed by atoms with Gasteiger partial charge in [0.05, 0.1) is 0 Å². The first-order valence-electron chi connectivity index (χ1n) is 3.82. The molecule has 0 fully saturated rings. The molecule has 0 unspecified atom stereocenters. The fraction of sp³-hybridized carbons (Fsp3) is 0.250. The summed E-state index contributed by atoms with van der Waals surface area (Å²) < 4.78 is 4.81. The van der Waals surface area contributed by atoms with Crippen molar-refractivity contribution in [3.05, 3.63) is 23.8 Å². The number of benzene rings is 1. The second-order valence-electron chi connectivity index (χ2n) is 2.71. The zero-order valence-corrected chi connectivity index (χ0v) is 10.3. The second kappa shape index (κ2) is 4.64. The monoisotopic (exact) mass is 250 g/mol. The molecule has 0 saturated carbocycles. The summed E-state index contributed by atoms with van der Waals surface area (Å²) in [7, 11) is 0. The lowest BCUT2D eigenvalue weighted by Crippen LogP contribution is -1.90. The Bertz CT molecular complexity index is 375. The first kappa shape index (κ1) is 12.0. The van der Waals surface area contributed by atoms with Crippen LogP contribution in [0.5, 0.6) is 5.75 Å². The van der Waals surface area contributed by atoms with Gasteiger partial charge in [0.15, 0.2) is 0 Å². The van der Waals surface area contributed by atoms with Crippen LogP contribution in [0.15, 0.2) is 23.1 Å².